The molecule has 0 saturated carbocycles. The molecule has 1 atom stereocenters. The molecule has 1 aliphatic heterocycles. The van der Waals surface area contributed by atoms with Crippen molar-refractivity contribution in [3.05, 3.63) is 28.2 Å². The minimum atomic E-state index is 0.00463. The van der Waals surface area contributed by atoms with Crippen molar-refractivity contribution in [1.29, 1.82) is 0 Å². The normalized spacial score (nSPS) is 20.2. The summed E-state index contributed by atoms with van der Waals surface area (Å²) in [6.45, 7) is 3.16. The number of rotatable bonds is 2. The van der Waals surface area contributed by atoms with Gasteiger partial charge >= 0.3 is 6.03 Å². The molecule has 0 aliphatic carbocycles. The molecule has 2 N–H and O–H groups in total. The lowest BCUT2D eigenvalue weighted by molar-refractivity contribution is 0.219. The van der Waals surface area contributed by atoms with Crippen LogP contribution in [0.3, 0.4) is 0 Å². The summed E-state index contributed by atoms with van der Waals surface area (Å²) in [7, 11) is 1.79. The number of halogens is 1. The van der Waals surface area contributed by atoms with Crippen LogP contribution < -0.4 is 10.6 Å². The first kappa shape index (κ1) is 12.4. The Morgan fingerprint density at radius 1 is 1.53 bits per heavy atom. The van der Waals surface area contributed by atoms with Gasteiger partial charge in [-0.15, -0.1) is 0 Å². The summed E-state index contributed by atoms with van der Waals surface area (Å²) < 4.78 is 0.942. The van der Waals surface area contributed by atoms with Crippen LogP contribution in [0.4, 0.5) is 10.5 Å². The van der Waals surface area contributed by atoms with Crippen molar-refractivity contribution in [1.82, 2.24) is 4.90 Å². The molecule has 2 amide bonds. The van der Waals surface area contributed by atoms with Crippen molar-refractivity contribution >= 4 is 27.6 Å². The van der Waals surface area contributed by atoms with Gasteiger partial charge in [-0.1, -0.05) is 6.07 Å². The van der Waals surface area contributed by atoms with Crippen molar-refractivity contribution in [2.45, 2.75) is 13.0 Å². The Kier molecular flexibility index (Phi) is 3.40. The summed E-state index contributed by atoms with van der Waals surface area (Å²) in [5.41, 5.74) is 7.73. The number of hydrogen-bond donors (Lipinski definition) is 1. The van der Waals surface area contributed by atoms with Crippen LogP contribution in [-0.4, -0.2) is 37.1 Å². The quantitative estimate of drug-likeness (QED) is 0.907. The van der Waals surface area contributed by atoms with Gasteiger partial charge in [0.2, 0.25) is 0 Å². The van der Waals surface area contributed by atoms with Crippen molar-refractivity contribution in [3.63, 3.8) is 0 Å². The molecule has 1 unspecified atom stereocenters. The zero-order valence-corrected chi connectivity index (χ0v) is 11.6. The predicted molar refractivity (Wildman–Crippen MR) is 72.2 cm³/mol. The van der Waals surface area contributed by atoms with Crippen LogP contribution in [0.5, 0.6) is 0 Å². The smallest absolute Gasteiger partial charge is 0.324 e. The van der Waals surface area contributed by atoms with E-state index in [1.807, 2.05) is 25.1 Å². The second-order valence-corrected chi connectivity index (χ2v) is 5.20. The van der Waals surface area contributed by atoms with E-state index in [9.17, 15) is 4.79 Å². The Labute approximate surface area is 110 Å². The van der Waals surface area contributed by atoms with Gasteiger partial charge in [0.05, 0.1) is 11.7 Å². The summed E-state index contributed by atoms with van der Waals surface area (Å²) in [5, 5.41) is 0. The van der Waals surface area contributed by atoms with Crippen LogP contribution in [0.1, 0.15) is 5.56 Å². The number of benzene rings is 1. The summed E-state index contributed by atoms with van der Waals surface area (Å²) in [6, 6.07) is 6.08. The van der Waals surface area contributed by atoms with Crippen molar-refractivity contribution in [3.8, 4) is 0 Å². The molecule has 0 bridgehead atoms. The van der Waals surface area contributed by atoms with Crippen molar-refractivity contribution in [2.24, 2.45) is 5.73 Å². The second kappa shape index (κ2) is 4.66. The van der Waals surface area contributed by atoms with E-state index in [0.717, 1.165) is 15.7 Å². The number of hydrogen-bond acceptors (Lipinski definition) is 2. The Morgan fingerprint density at radius 2 is 2.24 bits per heavy atom. The van der Waals surface area contributed by atoms with Gasteiger partial charge in [0.15, 0.2) is 0 Å². The molecule has 0 spiro atoms. The summed E-state index contributed by atoms with van der Waals surface area (Å²) in [5.74, 6) is 0. The Morgan fingerprint density at radius 3 is 2.76 bits per heavy atom. The van der Waals surface area contributed by atoms with Crippen molar-refractivity contribution < 1.29 is 4.79 Å². The average Bonchev–Trinajstić information content (AvgIpc) is 2.57. The van der Waals surface area contributed by atoms with Crippen molar-refractivity contribution in [2.75, 3.05) is 25.0 Å². The summed E-state index contributed by atoms with van der Waals surface area (Å²) in [6.07, 6.45) is 0. The third kappa shape index (κ3) is 2.17. The molecule has 1 aromatic carbocycles. The number of urea groups is 1. The maximum absolute atomic E-state index is 12.1. The van der Waals surface area contributed by atoms with Crippen LogP contribution in [0.25, 0.3) is 0 Å². The topological polar surface area (TPSA) is 49.6 Å². The Bertz CT molecular complexity index is 449. The van der Waals surface area contributed by atoms with E-state index >= 15 is 0 Å². The molecule has 1 heterocycles. The molecule has 4 nitrogen and oxygen atoms in total. The van der Waals surface area contributed by atoms with Crippen LogP contribution in [0.2, 0.25) is 0 Å². The zero-order chi connectivity index (χ0) is 12.6. The third-order valence-electron chi connectivity index (χ3n) is 3.14. The number of aryl methyl sites for hydroxylation is 1. The highest BCUT2D eigenvalue weighted by Gasteiger charge is 2.35. The summed E-state index contributed by atoms with van der Waals surface area (Å²) >= 11 is 3.50. The molecule has 2 rings (SSSR count). The molecule has 1 aliphatic rings. The lowest BCUT2D eigenvalue weighted by Gasteiger charge is -2.17. The number of carbonyl (C=O) groups is 1. The van der Waals surface area contributed by atoms with E-state index in [2.05, 4.69) is 15.9 Å². The van der Waals surface area contributed by atoms with Gasteiger partial charge in [0.25, 0.3) is 0 Å². The molecule has 0 aromatic heterocycles. The third-order valence-corrected chi connectivity index (χ3v) is 3.77. The first-order valence-electron chi connectivity index (χ1n) is 5.55. The van der Waals surface area contributed by atoms with Gasteiger partial charge in [0.1, 0.15) is 0 Å². The Balaban J connectivity index is 2.32. The highest BCUT2D eigenvalue weighted by molar-refractivity contribution is 9.10. The van der Waals surface area contributed by atoms with Gasteiger partial charge in [-0.3, -0.25) is 4.90 Å². The van der Waals surface area contributed by atoms with E-state index in [0.29, 0.717) is 13.1 Å². The molecule has 17 heavy (non-hydrogen) atoms. The van der Waals surface area contributed by atoms with E-state index in [1.165, 1.54) is 0 Å². The summed E-state index contributed by atoms with van der Waals surface area (Å²) in [4.78, 5) is 15.6. The van der Waals surface area contributed by atoms with Crippen LogP contribution >= 0.6 is 15.9 Å². The van der Waals surface area contributed by atoms with Crippen LogP contribution in [-0.2, 0) is 0 Å². The Hall–Kier alpha value is -1.07. The maximum atomic E-state index is 12.1. The second-order valence-electron chi connectivity index (χ2n) is 4.35. The highest BCUT2D eigenvalue weighted by atomic mass is 79.9. The number of nitrogens with two attached hydrogens (primary N) is 1. The van der Waals surface area contributed by atoms with Crippen LogP contribution in [0, 0.1) is 6.92 Å². The SMILES string of the molecule is Cc1ccc(N2CC(CN)N(C)C2=O)c(Br)c1. The van der Waals surface area contributed by atoms with Gasteiger partial charge < -0.3 is 10.6 Å². The predicted octanol–water partition coefficient (Wildman–Crippen LogP) is 1.96. The molecular formula is C12H16BrN3O. The fourth-order valence-electron chi connectivity index (χ4n) is 2.02. The molecule has 0 radical (unpaired) electrons. The van der Waals surface area contributed by atoms with Gasteiger partial charge in [-0.2, -0.15) is 0 Å². The zero-order valence-electron chi connectivity index (χ0n) is 9.98. The van der Waals surface area contributed by atoms with Gasteiger partial charge in [0, 0.05) is 24.6 Å². The molecule has 1 saturated heterocycles. The van der Waals surface area contributed by atoms with E-state index < -0.39 is 0 Å². The standard InChI is InChI=1S/C12H16BrN3O/c1-8-3-4-11(10(13)5-8)16-7-9(6-14)15(2)12(16)17/h3-5,9H,6-7,14H2,1-2H3. The average molecular weight is 298 g/mol. The van der Waals surface area contributed by atoms with E-state index in [4.69, 9.17) is 5.73 Å². The lowest BCUT2D eigenvalue weighted by atomic mass is 10.2. The fourth-order valence-corrected chi connectivity index (χ4v) is 2.73. The number of amides is 2. The van der Waals surface area contributed by atoms with Gasteiger partial charge in [-0.25, -0.2) is 4.79 Å². The highest BCUT2D eigenvalue weighted by Crippen LogP contribution is 2.30. The monoisotopic (exact) mass is 297 g/mol. The maximum Gasteiger partial charge on any atom is 0.324 e. The molecular weight excluding hydrogens is 282 g/mol. The minimum absolute atomic E-state index is 0.00463. The lowest BCUT2D eigenvalue weighted by Crippen LogP contribution is -2.35. The number of carbonyl (C=O) groups excluding carboxylic acids is 1. The number of likely N-dealkylation sites (N-methyl/N-ethyl adjacent to an activating group) is 1. The number of nitrogens with zero attached hydrogens (tertiary/aromatic N) is 2. The minimum Gasteiger partial charge on any atom is -0.328 e. The largest absolute Gasteiger partial charge is 0.328 e. The fraction of sp³-hybridized carbons (Fsp3) is 0.417. The van der Waals surface area contributed by atoms with E-state index in [1.54, 1.807) is 16.8 Å². The molecule has 1 aromatic rings. The molecule has 92 valence electrons. The van der Waals surface area contributed by atoms with E-state index in [-0.39, 0.29) is 12.1 Å². The molecule has 5 heteroatoms. The first-order chi connectivity index (χ1) is 8.04. The molecule has 1 fully saturated rings. The van der Waals surface area contributed by atoms with Gasteiger partial charge in [-0.05, 0) is 40.5 Å². The number of anilines is 1. The van der Waals surface area contributed by atoms with Crippen LogP contribution in [0.15, 0.2) is 22.7 Å². The first-order valence-corrected chi connectivity index (χ1v) is 6.34.